The fraction of sp³-hybridized carbons (Fsp3) is 0.808. The second-order valence-corrected chi connectivity index (χ2v) is 16.7. The van der Waals surface area contributed by atoms with Crippen molar-refractivity contribution in [3.05, 3.63) is 24.3 Å². The molecule has 0 aromatic carbocycles. The van der Waals surface area contributed by atoms with Crippen molar-refractivity contribution in [3.8, 4) is 0 Å². The molecule has 3 fully saturated rings. The minimum atomic E-state index is -2.18. The van der Waals surface area contributed by atoms with Crippen molar-refractivity contribution in [2.45, 2.75) is 96.7 Å². The normalized spacial score (nSPS) is 42.6. The summed E-state index contributed by atoms with van der Waals surface area (Å²) in [7, 11) is -2.18. The average Bonchev–Trinajstić information content (AvgIpc) is 2.96. The molecule has 1 N–H and O–H groups in total. The van der Waals surface area contributed by atoms with E-state index in [9.17, 15) is 9.59 Å². The quantitative estimate of drug-likeness (QED) is 0.412. The van der Waals surface area contributed by atoms with Gasteiger partial charge in [-0.05, 0) is 105 Å². The molecule has 4 aliphatic carbocycles. The summed E-state index contributed by atoms with van der Waals surface area (Å²) in [5.74, 6) is 3.34. The number of fused-ring (bicyclic) bond motifs is 5. The Labute approximate surface area is 179 Å². The maximum atomic E-state index is 12.1. The van der Waals surface area contributed by atoms with E-state index in [-0.39, 0.29) is 10.5 Å². The fourth-order valence-electron chi connectivity index (χ4n) is 7.97. The van der Waals surface area contributed by atoms with Gasteiger partial charge in [0.25, 0.3) is 0 Å². The Hall–Kier alpha value is -0.673. The lowest BCUT2D eigenvalue weighted by molar-refractivity contribution is -0.117. The molecule has 0 heterocycles. The molecule has 162 valence electrons. The van der Waals surface area contributed by atoms with Crippen molar-refractivity contribution in [1.82, 2.24) is 0 Å². The third kappa shape index (κ3) is 3.17. The summed E-state index contributed by atoms with van der Waals surface area (Å²) in [6, 6.07) is 0. The zero-order chi connectivity index (χ0) is 21.2. The Morgan fingerprint density at radius 3 is 2.55 bits per heavy atom. The van der Waals surface area contributed by atoms with E-state index in [1.165, 1.54) is 44.1 Å². The van der Waals surface area contributed by atoms with E-state index >= 15 is 0 Å². The third-order valence-electron chi connectivity index (χ3n) is 10.5. The van der Waals surface area contributed by atoms with Gasteiger partial charge in [0.15, 0.2) is 14.1 Å². The molecule has 2 nitrogen and oxygen atoms in total. The first-order valence-corrected chi connectivity index (χ1v) is 15.0. The molecular formula is C26H42O2Si. The largest absolute Gasteiger partial charge is 0.432 e. The van der Waals surface area contributed by atoms with E-state index < -0.39 is 8.32 Å². The van der Waals surface area contributed by atoms with Crippen LogP contribution in [0.15, 0.2) is 24.3 Å². The van der Waals surface area contributed by atoms with Crippen LogP contribution in [0.4, 0.5) is 0 Å². The molecule has 0 aliphatic heterocycles. The lowest BCUT2D eigenvalue weighted by Crippen LogP contribution is -2.51. The maximum absolute atomic E-state index is 12.1. The molecular weight excluding hydrogens is 372 g/mol. The van der Waals surface area contributed by atoms with Crippen LogP contribution < -0.4 is 0 Å². The lowest BCUT2D eigenvalue weighted by atomic mass is 9.46. The average molecular weight is 415 g/mol. The molecule has 6 atom stereocenters. The molecule has 4 aliphatic rings. The fourth-order valence-corrected chi connectivity index (χ4v) is 8.71. The Morgan fingerprint density at radius 2 is 1.90 bits per heavy atom. The van der Waals surface area contributed by atoms with Crippen LogP contribution in [0.25, 0.3) is 0 Å². The minimum Gasteiger partial charge on any atom is -0.432 e. The van der Waals surface area contributed by atoms with Crippen molar-refractivity contribution in [2.75, 3.05) is 0 Å². The zero-order valence-electron chi connectivity index (χ0n) is 19.4. The Kier molecular flexibility index (Phi) is 5.14. The van der Waals surface area contributed by atoms with E-state index in [0.717, 1.165) is 30.6 Å². The van der Waals surface area contributed by atoms with Gasteiger partial charge in [-0.2, -0.15) is 0 Å². The summed E-state index contributed by atoms with van der Waals surface area (Å²) >= 11 is 0. The van der Waals surface area contributed by atoms with Gasteiger partial charge in [0.05, 0.1) is 0 Å². The van der Waals surface area contributed by atoms with Gasteiger partial charge in [-0.15, -0.1) is 6.58 Å². The molecule has 0 radical (unpaired) electrons. The Balaban J connectivity index is 1.60. The second-order valence-electron chi connectivity index (χ2n) is 12.3. The van der Waals surface area contributed by atoms with Crippen LogP contribution >= 0.6 is 0 Å². The topological polar surface area (TPSA) is 37.3 Å². The van der Waals surface area contributed by atoms with Gasteiger partial charge in [-0.1, -0.05) is 32.4 Å². The highest BCUT2D eigenvalue weighted by Crippen LogP contribution is 2.68. The zero-order valence-corrected chi connectivity index (χ0v) is 20.4. The molecule has 3 unspecified atom stereocenters. The standard InChI is InChI=1S/C26H42O2Si/c1-7-26-15-12-20(27)16-18(26)8-10-21-22-11-9-19(17-24(2,3)29(5,6)28)25(22,4)14-13-23(21)26/h7,16,19,21-23,28H,1,8-15,17H2,2-6H3/t19-,21?,22?,23?,25-,26+/m1/s1. The molecule has 0 bridgehead atoms. The second kappa shape index (κ2) is 6.92. The van der Waals surface area contributed by atoms with Crippen LogP contribution in [0, 0.1) is 34.5 Å². The third-order valence-corrected chi connectivity index (χ3v) is 14.1. The first-order chi connectivity index (χ1) is 13.4. The summed E-state index contributed by atoms with van der Waals surface area (Å²) in [6.45, 7) is 15.7. The summed E-state index contributed by atoms with van der Waals surface area (Å²) in [4.78, 5) is 23.0. The Bertz CT molecular complexity index is 729. The van der Waals surface area contributed by atoms with Crippen LogP contribution in [0.1, 0.15) is 78.6 Å². The van der Waals surface area contributed by atoms with Crippen molar-refractivity contribution < 1.29 is 9.59 Å². The molecule has 3 heteroatoms. The van der Waals surface area contributed by atoms with Crippen molar-refractivity contribution in [3.63, 3.8) is 0 Å². The van der Waals surface area contributed by atoms with Crippen LogP contribution in [0.2, 0.25) is 18.1 Å². The predicted octanol–water partition coefficient (Wildman–Crippen LogP) is 6.67. The number of carbonyl (C=O) groups is 1. The Morgan fingerprint density at radius 1 is 1.17 bits per heavy atom. The number of hydrogen-bond donors (Lipinski definition) is 1. The number of carbonyl (C=O) groups excluding carboxylic acids is 1. The van der Waals surface area contributed by atoms with Gasteiger partial charge in [0.1, 0.15) is 0 Å². The molecule has 29 heavy (non-hydrogen) atoms. The van der Waals surface area contributed by atoms with E-state index in [1.54, 1.807) is 0 Å². The van der Waals surface area contributed by atoms with Gasteiger partial charge in [0.2, 0.25) is 0 Å². The summed E-state index contributed by atoms with van der Waals surface area (Å²) in [5.41, 5.74) is 1.92. The minimum absolute atomic E-state index is 0.0704. The number of ketones is 1. The van der Waals surface area contributed by atoms with E-state index in [0.29, 0.717) is 23.5 Å². The highest BCUT2D eigenvalue weighted by molar-refractivity contribution is 6.72. The van der Waals surface area contributed by atoms with Gasteiger partial charge in [-0.25, -0.2) is 0 Å². The van der Waals surface area contributed by atoms with E-state index in [4.69, 9.17) is 0 Å². The van der Waals surface area contributed by atoms with Gasteiger partial charge in [-0.3, -0.25) is 4.79 Å². The monoisotopic (exact) mass is 414 g/mol. The van der Waals surface area contributed by atoms with Crippen molar-refractivity contribution in [2.24, 2.45) is 34.5 Å². The SMILES string of the molecule is C=C[C@]12CCC(=O)C=C1CCC1C2CC[C@@]2(C)C1CC[C@@H]2CC(C)(C)[Si](C)(C)O. The molecule has 0 aromatic rings. The summed E-state index contributed by atoms with van der Waals surface area (Å²) in [5, 5.41) is 0.0704. The van der Waals surface area contributed by atoms with Crippen LogP contribution in [0.3, 0.4) is 0 Å². The highest BCUT2D eigenvalue weighted by Gasteiger charge is 2.60. The number of allylic oxidation sites excluding steroid dienone is 2. The summed E-state index contributed by atoms with van der Waals surface area (Å²) < 4.78 is 0. The molecule has 4 rings (SSSR count). The van der Waals surface area contributed by atoms with E-state index in [2.05, 4.69) is 46.5 Å². The van der Waals surface area contributed by atoms with E-state index in [1.807, 2.05) is 6.08 Å². The smallest absolute Gasteiger partial charge is 0.188 e. The van der Waals surface area contributed by atoms with Gasteiger partial charge in [0, 0.05) is 11.8 Å². The molecule has 0 saturated heterocycles. The molecule has 0 spiro atoms. The first-order valence-electron chi connectivity index (χ1n) is 12.0. The van der Waals surface area contributed by atoms with Crippen molar-refractivity contribution >= 4 is 14.1 Å². The predicted molar refractivity (Wildman–Crippen MR) is 123 cm³/mol. The highest BCUT2D eigenvalue weighted by atomic mass is 28.4. The molecule has 0 aromatic heterocycles. The van der Waals surface area contributed by atoms with Crippen LogP contribution in [-0.2, 0) is 4.79 Å². The van der Waals surface area contributed by atoms with Gasteiger partial charge >= 0.3 is 0 Å². The lowest BCUT2D eigenvalue weighted by Gasteiger charge is -2.58. The number of hydrogen-bond acceptors (Lipinski definition) is 2. The van der Waals surface area contributed by atoms with Crippen molar-refractivity contribution in [1.29, 1.82) is 0 Å². The molecule has 0 amide bonds. The number of rotatable bonds is 4. The summed E-state index contributed by atoms with van der Waals surface area (Å²) in [6.07, 6.45) is 14.7. The molecule has 3 saturated carbocycles. The first kappa shape index (κ1) is 21.6. The van der Waals surface area contributed by atoms with Gasteiger partial charge < -0.3 is 4.80 Å². The maximum Gasteiger partial charge on any atom is 0.188 e. The van der Waals surface area contributed by atoms with Crippen LogP contribution in [0.5, 0.6) is 0 Å². The van der Waals surface area contributed by atoms with Crippen LogP contribution in [-0.4, -0.2) is 18.9 Å².